The highest BCUT2D eigenvalue weighted by molar-refractivity contribution is 5.05. The molecule has 98 valence electrons. The van der Waals surface area contributed by atoms with E-state index in [-0.39, 0.29) is 0 Å². The third kappa shape index (κ3) is 1.84. The summed E-state index contributed by atoms with van der Waals surface area (Å²) in [7, 11) is 0. The maximum atomic E-state index is 6.17. The van der Waals surface area contributed by atoms with E-state index in [1.165, 1.54) is 51.4 Å². The Bertz CT molecular complexity index is 272. The minimum absolute atomic E-state index is 0.363. The highest BCUT2D eigenvalue weighted by Crippen LogP contribution is 2.55. The molecule has 3 atom stereocenters. The van der Waals surface area contributed by atoms with Gasteiger partial charge >= 0.3 is 0 Å². The van der Waals surface area contributed by atoms with E-state index in [0.717, 1.165) is 18.4 Å². The normalized spacial score (nSPS) is 49.8. The molecule has 2 nitrogen and oxygen atoms in total. The molecule has 0 amide bonds. The van der Waals surface area contributed by atoms with Crippen LogP contribution in [0.4, 0.5) is 0 Å². The summed E-state index contributed by atoms with van der Waals surface area (Å²) in [5.41, 5.74) is 6.54. The molecule has 2 heteroatoms. The quantitative estimate of drug-likeness (QED) is 0.818. The van der Waals surface area contributed by atoms with Crippen molar-refractivity contribution in [3.8, 4) is 0 Å². The number of hydrogen-bond donors (Lipinski definition) is 1. The van der Waals surface area contributed by atoms with E-state index in [9.17, 15) is 0 Å². The van der Waals surface area contributed by atoms with Gasteiger partial charge in [0.05, 0.1) is 12.2 Å². The van der Waals surface area contributed by atoms with E-state index < -0.39 is 0 Å². The van der Waals surface area contributed by atoms with Crippen LogP contribution in [-0.4, -0.2) is 18.8 Å². The molecular formula is C15H27NO. The number of rotatable bonds is 3. The van der Waals surface area contributed by atoms with Crippen molar-refractivity contribution in [2.24, 2.45) is 23.0 Å². The molecular weight excluding hydrogens is 210 g/mol. The summed E-state index contributed by atoms with van der Waals surface area (Å²) < 4.78 is 6.11. The fraction of sp³-hybridized carbons (Fsp3) is 1.00. The second kappa shape index (κ2) is 4.55. The molecule has 1 aliphatic carbocycles. The molecule has 3 fully saturated rings. The SMILES string of the molecule is CCC1CCC(C2(CN)CC3CCC2O3)CC1. The van der Waals surface area contributed by atoms with E-state index in [0.29, 0.717) is 17.6 Å². The maximum absolute atomic E-state index is 6.17. The van der Waals surface area contributed by atoms with Crippen molar-refractivity contribution in [1.29, 1.82) is 0 Å². The minimum atomic E-state index is 0.363. The summed E-state index contributed by atoms with van der Waals surface area (Å²) in [6.07, 6.45) is 11.9. The molecule has 3 rings (SSSR count). The largest absolute Gasteiger partial charge is 0.374 e. The molecule has 2 saturated heterocycles. The lowest BCUT2D eigenvalue weighted by atomic mass is 9.60. The average molecular weight is 237 g/mol. The molecule has 0 aromatic rings. The zero-order valence-corrected chi connectivity index (χ0v) is 11.2. The van der Waals surface area contributed by atoms with Crippen molar-refractivity contribution >= 4 is 0 Å². The Hall–Kier alpha value is -0.0800. The predicted octanol–water partition coefficient (Wildman–Crippen LogP) is 3.10. The van der Waals surface area contributed by atoms with Gasteiger partial charge in [-0.1, -0.05) is 26.2 Å². The van der Waals surface area contributed by atoms with Crippen molar-refractivity contribution in [2.75, 3.05) is 6.54 Å². The van der Waals surface area contributed by atoms with E-state index in [2.05, 4.69) is 6.92 Å². The van der Waals surface area contributed by atoms with Gasteiger partial charge in [0, 0.05) is 12.0 Å². The Morgan fingerprint density at radius 2 is 1.88 bits per heavy atom. The van der Waals surface area contributed by atoms with Gasteiger partial charge in [-0.25, -0.2) is 0 Å². The van der Waals surface area contributed by atoms with Gasteiger partial charge in [0.1, 0.15) is 0 Å². The van der Waals surface area contributed by atoms with E-state index in [1.54, 1.807) is 0 Å². The zero-order chi connectivity index (χ0) is 11.9. The van der Waals surface area contributed by atoms with Crippen molar-refractivity contribution in [2.45, 2.75) is 70.5 Å². The van der Waals surface area contributed by atoms with E-state index in [1.807, 2.05) is 0 Å². The van der Waals surface area contributed by atoms with Crippen LogP contribution in [0.1, 0.15) is 58.3 Å². The first kappa shape index (κ1) is 12.0. The van der Waals surface area contributed by atoms with Gasteiger partial charge in [-0.05, 0) is 43.9 Å². The van der Waals surface area contributed by atoms with E-state index in [4.69, 9.17) is 10.5 Å². The van der Waals surface area contributed by atoms with Crippen molar-refractivity contribution in [3.63, 3.8) is 0 Å². The van der Waals surface area contributed by atoms with Crippen molar-refractivity contribution in [1.82, 2.24) is 0 Å². The molecule has 2 aliphatic heterocycles. The lowest BCUT2D eigenvalue weighted by molar-refractivity contribution is 0.0139. The molecule has 0 spiro atoms. The summed E-state index contributed by atoms with van der Waals surface area (Å²) in [5.74, 6) is 1.84. The molecule has 2 N–H and O–H groups in total. The van der Waals surface area contributed by atoms with Crippen LogP contribution in [0.15, 0.2) is 0 Å². The highest BCUT2D eigenvalue weighted by Gasteiger charge is 2.55. The zero-order valence-electron chi connectivity index (χ0n) is 11.2. The Morgan fingerprint density at radius 3 is 2.35 bits per heavy atom. The van der Waals surface area contributed by atoms with Gasteiger partial charge < -0.3 is 10.5 Å². The number of nitrogens with two attached hydrogens (primary N) is 1. The summed E-state index contributed by atoms with van der Waals surface area (Å²) in [6, 6.07) is 0. The Labute approximate surface area is 105 Å². The summed E-state index contributed by atoms with van der Waals surface area (Å²) in [4.78, 5) is 0. The van der Waals surface area contributed by atoms with Crippen LogP contribution in [0.25, 0.3) is 0 Å². The molecule has 2 heterocycles. The van der Waals surface area contributed by atoms with Gasteiger partial charge in [0.15, 0.2) is 0 Å². The van der Waals surface area contributed by atoms with Gasteiger partial charge in [-0.15, -0.1) is 0 Å². The van der Waals surface area contributed by atoms with Crippen LogP contribution in [0.5, 0.6) is 0 Å². The van der Waals surface area contributed by atoms with Crippen molar-refractivity contribution < 1.29 is 4.74 Å². The fourth-order valence-corrected chi connectivity index (χ4v) is 4.79. The Morgan fingerprint density at radius 1 is 1.12 bits per heavy atom. The Balaban J connectivity index is 1.70. The summed E-state index contributed by atoms with van der Waals surface area (Å²) >= 11 is 0. The third-order valence-corrected chi connectivity index (χ3v) is 5.97. The van der Waals surface area contributed by atoms with Crippen molar-refractivity contribution in [3.05, 3.63) is 0 Å². The standard InChI is InChI=1S/C15H27NO/c1-2-11-3-5-12(6-4-11)15(10-16)9-13-7-8-14(15)17-13/h11-14H,2-10,16H2,1H3. The van der Waals surface area contributed by atoms with Gasteiger partial charge in [-0.3, -0.25) is 0 Å². The lowest BCUT2D eigenvalue weighted by Crippen LogP contribution is -2.46. The minimum Gasteiger partial charge on any atom is -0.374 e. The molecule has 2 bridgehead atoms. The lowest BCUT2D eigenvalue weighted by Gasteiger charge is -2.44. The predicted molar refractivity (Wildman–Crippen MR) is 69.7 cm³/mol. The second-order valence-corrected chi connectivity index (χ2v) is 6.59. The monoisotopic (exact) mass is 237 g/mol. The van der Waals surface area contributed by atoms with Crippen LogP contribution in [0, 0.1) is 17.3 Å². The van der Waals surface area contributed by atoms with Crippen LogP contribution in [-0.2, 0) is 4.74 Å². The van der Waals surface area contributed by atoms with Gasteiger partial charge in [0.25, 0.3) is 0 Å². The molecule has 0 aromatic carbocycles. The summed E-state index contributed by atoms with van der Waals surface area (Å²) in [5, 5.41) is 0. The number of ether oxygens (including phenoxy) is 1. The average Bonchev–Trinajstić information content (AvgIpc) is 2.99. The van der Waals surface area contributed by atoms with Gasteiger partial charge in [0.2, 0.25) is 0 Å². The Kier molecular flexibility index (Phi) is 3.20. The molecule has 3 aliphatic rings. The van der Waals surface area contributed by atoms with E-state index >= 15 is 0 Å². The fourth-order valence-electron chi connectivity index (χ4n) is 4.79. The highest BCUT2D eigenvalue weighted by atomic mass is 16.5. The number of fused-ring (bicyclic) bond motifs is 2. The van der Waals surface area contributed by atoms with Crippen LogP contribution in [0.2, 0.25) is 0 Å². The van der Waals surface area contributed by atoms with Crippen LogP contribution >= 0.6 is 0 Å². The first-order valence-electron chi connectivity index (χ1n) is 7.64. The first-order valence-corrected chi connectivity index (χ1v) is 7.64. The van der Waals surface area contributed by atoms with Crippen LogP contribution < -0.4 is 5.73 Å². The topological polar surface area (TPSA) is 35.2 Å². The number of hydrogen-bond acceptors (Lipinski definition) is 2. The third-order valence-electron chi connectivity index (χ3n) is 5.97. The second-order valence-electron chi connectivity index (χ2n) is 6.59. The molecule has 17 heavy (non-hydrogen) atoms. The maximum Gasteiger partial charge on any atom is 0.0651 e. The first-order chi connectivity index (χ1) is 8.28. The molecule has 1 saturated carbocycles. The van der Waals surface area contributed by atoms with Gasteiger partial charge in [-0.2, -0.15) is 0 Å². The molecule has 3 unspecified atom stereocenters. The smallest absolute Gasteiger partial charge is 0.0651 e. The summed E-state index contributed by atoms with van der Waals surface area (Å²) in [6.45, 7) is 3.19. The molecule has 0 aromatic heterocycles. The van der Waals surface area contributed by atoms with Crippen LogP contribution in [0.3, 0.4) is 0 Å². The molecule has 0 radical (unpaired) electrons.